The highest BCUT2D eigenvalue weighted by molar-refractivity contribution is 7.08. The van der Waals surface area contributed by atoms with E-state index in [1.54, 1.807) is 11.3 Å². The Morgan fingerprint density at radius 3 is 2.54 bits per heavy atom. The number of hydrogen-bond acceptors (Lipinski definition) is 2. The number of aryl methyl sites for hydroxylation is 1. The van der Waals surface area contributed by atoms with Gasteiger partial charge < -0.3 is 5.32 Å². The lowest BCUT2D eigenvalue weighted by atomic mass is 9.68. The van der Waals surface area contributed by atoms with Gasteiger partial charge in [0.25, 0.3) is 0 Å². The van der Waals surface area contributed by atoms with E-state index in [0.717, 1.165) is 0 Å². The van der Waals surface area contributed by atoms with Crippen LogP contribution in [0.2, 0.25) is 0 Å². The first kappa shape index (κ1) is 9.07. The molecule has 1 aromatic heterocycles. The number of rotatable bonds is 2. The van der Waals surface area contributed by atoms with Gasteiger partial charge >= 0.3 is 0 Å². The molecule has 72 valence electrons. The summed E-state index contributed by atoms with van der Waals surface area (Å²) in [6.07, 6.45) is 2.62. The smallest absolute Gasteiger partial charge is 0.0480 e. The molecule has 0 amide bonds. The molecule has 1 nitrogen and oxygen atoms in total. The second kappa shape index (κ2) is 3.02. The van der Waals surface area contributed by atoms with Gasteiger partial charge in [-0.25, -0.2) is 0 Å². The maximum atomic E-state index is 3.59. The molecular weight excluding hydrogens is 178 g/mol. The quantitative estimate of drug-likeness (QED) is 0.759. The predicted molar refractivity (Wildman–Crippen MR) is 59.5 cm³/mol. The minimum absolute atomic E-state index is 0.571. The number of nitrogens with one attached hydrogen (secondary N) is 1. The Hall–Kier alpha value is -0.500. The molecule has 1 aliphatic rings. The van der Waals surface area contributed by atoms with Crippen LogP contribution in [-0.2, 0) is 0 Å². The van der Waals surface area contributed by atoms with E-state index in [1.165, 1.54) is 24.1 Å². The molecule has 1 saturated carbocycles. The van der Waals surface area contributed by atoms with Crippen LogP contribution < -0.4 is 5.32 Å². The van der Waals surface area contributed by atoms with E-state index in [9.17, 15) is 0 Å². The molecule has 1 aliphatic carbocycles. The highest BCUT2D eigenvalue weighted by Crippen LogP contribution is 2.41. The second-order valence-corrected chi connectivity index (χ2v) is 5.63. The minimum Gasteiger partial charge on any atom is -0.381 e. The summed E-state index contributed by atoms with van der Waals surface area (Å²) in [7, 11) is 0. The van der Waals surface area contributed by atoms with Gasteiger partial charge in [0.1, 0.15) is 0 Å². The highest BCUT2D eigenvalue weighted by atomic mass is 32.1. The molecule has 2 rings (SSSR count). The third-order valence-electron chi connectivity index (χ3n) is 2.81. The van der Waals surface area contributed by atoms with E-state index < -0.39 is 0 Å². The molecule has 1 heterocycles. The van der Waals surface area contributed by atoms with Crippen molar-refractivity contribution in [2.45, 2.75) is 39.7 Å². The molecule has 1 fully saturated rings. The standard InChI is InChI=1S/C11H17NS/c1-8-6-13-7-10(8)12-9-4-11(2,3)5-9/h6-7,9,12H,4-5H2,1-3H3. The van der Waals surface area contributed by atoms with Crippen LogP contribution in [0.5, 0.6) is 0 Å². The summed E-state index contributed by atoms with van der Waals surface area (Å²) in [5.74, 6) is 0. The molecule has 0 bridgehead atoms. The summed E-state index contributed by atoms with van der Waals surface area (Å²) in [4.78, 5) is 0. The number of hydrogen-bond donors (Lipinski definition) is 1. The predicted octanol–water partition coefficient (Wildman–Crippen LogP) is 3.66. The third-order valence-corrected chi connectivity index (χ3v) is 3.67. The van der Waals surface area contributed by atoms with Crippen LogP contribution in [0.3, 0.4) is 0 Å². The fourth-order valence-corrected chi connectivity index (χ4v) is 2.89. The largest absolute Gasteiger partial charge is 0.381 e. The monoisotopic (exact) mass is 195 g/mol. The van der Waals surface area contributed by atoms with E-state index in [-0.39, 0.29) is 0 Å². The van der Waals surface area contributed by atoms with Crippen LogP contribution in [0.15, 0.2) is 10.8 Å². The Balaban J connectivity index is 1.91. The van der Waals surface area contributed by atoms with Crippen LogP contribution in [0, 0.1) is 12.3 Å². The number of anilines is 1. The van der Waals surface area contributed by atoms with Crippen molar-refractivity contribution in [3.63, 3.8) is 0 Å². The van der Waals surface area contributed by atoms with Gasteiger partial charge in [-0.3, -0.25) is 0 Å². The average Bonchev–Trinajstić information content (AvgIpc) is 2.33. The summed E-state index contributed by atoms with van der Waals surface area (Å²) in [5, 5.41) is 8.00. The summed E-state index contributed by atoms with van der Waals surface area (Å²) in [5.41, 5.74) is 3.29. The van der Waals surface area contributed by atoms with E-state index in [0.29, 0.717) is 11.5 Å². The topological polar surface area (TPSA) is 12.0 Å². The SMILES string of the molecule is Cc1cscc1NC1CC(C)(C)C1. The van der Waals surface area contributed by atoms with Crippen molar-refractivity contribution in [3.8, 4) is 0 Å². The van der Waals surface area contributed by atoms with E-state index in [1.807, 2.05) is 0 Å². The van der Waals surface area contributed by atoms with Gasteiger partial charge in [0.15, 0.2) is 0 Å². The van der Waals surface area contributed by atoms with Crippen LogP contribution in [0.4, 0.5) is 5.69 Å². The van der Waals surface area contributed by atoms with E-state index in [4.69, 9.17) is 0 Å². The Morgan fingerprint density at radius 2 is 2.08 bits per heavy atom. The van der Waals surface area contributed by atoms with Crippen LogP contribution in [-0.4, -0.2) is 6.04 Å². The molecule has 0 aliphatic heterocycles. The van der Waals surface area contributed by atoms with E-state index in [2.05, 4.69) is 36.8 Å². The van der Waals surface area contributed by atoms with Crippen molar-refractivity contribution in [3.05, 3.63) is 16.3 Å². The van der Waals surface area contributed by atoms with Gasteiger partial charge in [-0.1, -0.05) is 13.8 Å². The van der Waals surface area contributed by atoms with Crippen molar-refractivity contribution >= 4 is 17.0 Å². The second-order valence-electron chi connectivity index (χ2n) is 4.88. The molecule has 0 spiro atoms. The highest BCUT2D eigenvalue weighted by Gasteiger charge is 2.35. The van der Waals surface area contributed by atoms with Gasteiger partial charge in [0.2, 0.25) is 0 Å². The van der Waals surface area contributed by atoms with Crippen molar-refractivity contribution < 1.29 is 0 Å². The molecule has 1 aromatic rings. The molecule has 2 heteroatoms. The normalized spacial score (nSPS) is 21.2. The Morgan fingerprint density at radius 1 is 1.38 bits per heavy atom. The first-order chi connectivity index (χ1) is 6.07. The van der Waals surface area contributed by atoms with Crippen LogP contribution in [0.25, 0.3) is 0 Å². The molecule has 0 radical (unpaired) electrons. The van der Waals surface area contributed by atoms with Crippen LogP contribution >= 0.6 is 11.3 Å². The minimum atomic E-state index is 0.571. The molecule has 1 N–H and O–H groups in total. The zero-order valence-electron chi connectivity index (χ0n) is 8.55. The fraction of sp³-hybridized carbons (Fsp3) is 0.636. The van der Waals surface area contributed by atoms with Gasteiger partial charge in [0, 0.05) is 17.1 Å². The van der Waals surface area contributed by atoms with Gasteiger partial charge in [0.05, 0.1) is 0 Å². The molecule has 0 unspecified atom stereocenters. The van der Waals surface area contributed by atoms with Gasteiger partial charge in [-0.15, -0.1) is 11.3 Å². The summed E-state index contributed by atoms with van der Waals surface area (Å²) < 4.78 is 0. The maximum Gasteiger partial charge on any atom is 0.0480 e. The summed E-state index contributed by atoms with van der Waals surface area (Å²) in [6, 6.07) is 0.711. The zero-order valence-corrected chi connectivity index (χ0v) is 9.37. The van der Waals surface area contributed by atoms with Crippen molar-refractivity contribution in [2.75, 3.05) is 5.32 Å². The first-order valence-electron chi connectivity index (χ1n) is 4.86. The Labute approximate surface area is 84.2 Å². The fourth-order valence-electron chi connectivity index (χ4n) is 2.10. The Kier molecular flexibility index (Phi) is 2.11. The van der Waals surface area contributed by atoms with Crippen molar-refractivity contribution in [2.24, 2.45) is 5.41 Å². The zero-order chi connectivity index (χ0) is 9.47. The lowest BCUT2D eigenvalue weighted by Gasteiger charge is -2.43. The van der Waals surface area contributed by atoms with Gasteiger partial charge in [-0.05, 0) is 36.1 Å². The van der Waals surface area contributed by atoms with Gasteiger partial charge in [-0.2, -0.15) is 0 Å². The first-order valence-corrected chi connectivity index (χ1v) is 5.80. The van der Waals surface area contributed by atoms with Crippen LogP contribution in [0.1, 0.15) is 32.3 Å². The molecule has 0 aromatic carbocycles. The third kappa shape index (κ3) is 1.88. The lowest BCUT2D eigenvalue weighted by Crippen LogP contribution is -2.41. The van der Waals surface area contributed by atoms with Crippen molar-refractivity contribution in [1.29, 1.82) is 0 Å². The molecule has 0 saturated heterocycles. The van der Waals surface area contributed by atoms with E-state index >= 15 is 0 Å². The summed E-state index contributed by atoms with van der Waals surface area (Å²) >= 11 is 1.78. The lowest BCUT2D eigenvalue weighted by molar-refractivity contribution is 0.167. The summed E-state index contributed by atoms with van der Waals surface area (Å²) in [6.45, 7) is 6.85. The molecule has 13 heavy (non-hydrogen) atoms. The number of thiophene rings is 1. The average molecular weight is 195 g/mol. The Bertz CT molecular complexity index is 293. The molecule has 0 atom stereocenters. The van der Waals surface area contributed by atoms with Crippen molar-refractivity contribution in [1.82, 2.24) is 0 Å². The maximum absolute atomic E-state index is 3.59. The molecular formula is C11H17NS.